The fourth-order valence-corrected chi connectivity index (χ4v) is 4.79. The van der Waals surface area contributed by atoms with Crippen LogP contribution in [0.5, 0.6) is 0 Å². The molecule has 1 N–H and O–H groups in total. The number of piperidine rings is 2. The maximum atomic E-state index is 12.4. The molecule has 0 unspecified atom stereocenters. The quantitative estimate of drug-likeness (QED) is 0.836. The molecular weight excluding hydrogens is 338 g/mol. The van der Waals surface area contributed by atoms with Crippen LogP contribution in [0, 0.1) is 5.41 Å². The van der Waals surface area contributed by atoms with Crippen LogP contribution in [0.2, 0.25) is 0 Å². The molecule has 3 fully saturated rings. The van der Waals surface area contributed by atoms with E-state index in [-0.39, 0.29) is 11.3 Å². The third-order valence-electron chi connectivity index (χ3n) is 6.37. The lowest BCUT2D eigenvalue weighted by molar-refractivity contribution is -0.140. The normalized spacial score (nSPS) is 26.4. The van der Waals surface area contributed by atoms with E-state index in [4.69, 9.17) is 0 Å². The molecule has 0 aromatic heterocycles. The summed E-state index contributed by atoms with van der Waals surface area (Å²) in [7, 11) is 0. The first-order valence-corrected chi connectivity index (χ1v) is 10.5. The Morgan fingerprint density at radius 3 is 2.74 bits per heavy atom. The van der Waals surface area contributed by atoms with Crippen molar-refractivity contribution in [2.75, 3.05) is 32.7 Å². The fraction of sp³-hybridized carbons (Fsp3) is 0.636. The first kappa shape index (κ1) is 18.5. The first-order chi connectivity index (χ1) is 13.1. The number of nitrogens with zero attached hydrogens (tertiary/aromatic N) is 2. The minimum Gasteiger partial charge on any atom is -0.355 e. The van der Waals surface area contributed by atoms with E-state index in [1.54, 1.807) is 0 Å². The number of amides is 2. The summed E-state index contributed by atoms with van der Waals surface area (Å²) in [4.78, 5) is 29.1. The Labute approximate surface area is 162 Å². The summed E-state index contributed by atoms with van der Waals surface area (Å²) in [5.41, 5.74) is 1.46. The number of benzene rings is 1. The van der Waals surface area contributed by atoms with Gasteiger partial charge in [-0.1, -0.05) is 30.3 Å². The van der Waals surface area contributed by atoms with E-state index in [1.807, 2.05) is 18.2 Å². The molecule has 1 spiro atoms. The van der Waals surface area contributed by atoms with Crippen LogP contribution in [0.1, 0.15) is 44.1 Å². The Bertz CT molecular complexity index is 673. The zero-order valence-corrected chi connectivity index (χ0v) is 16.2. The van der Waals surface area contributed by atoms with Crippen molar-refractivity contribution in [2.24, 2.45) is 5.41 Å². The maximum Gasteiger partial charge on any atom is 0.234 e. The van der Waals surface area contributed by atoms with Gasteiger partial charge in [0.05, 0.1) is 6.54 Å². The van der Waals surface area contributed by atoms with Crippen LogP contribution < -0.4 is 5.32 Å². The topological polar surface area (TPSA) is 52.7 Å². The monoisotopic (exact) mass is 369 g/mol. The average Bonchev–Trinajstić information content (AvgIpc) is 3.50. The number of carbonyl (C=O) groups is 2. The van der Waals surface area contributed by atoms with Crippen LogP contribution >= 0.6 is 0 Å². The zero-order chi connectivity index (χ0) is 18.7. The summed E-state index contributed by atoms with van der Waals surface area (Å²) in [6, 6.07) is 10.8. The molecule has 1 aromatic rings. The molecule has 2 heterocycles. The minimum atomic E-state index is 0.119. The van der Waals surface area contributed by atoms with Crippen molar-refractivity contribution in [2.45, 2.75) is 51.0 Å². The van der Waals surface area contributed by atoms with Crippen molar-refractivity contribution in [3.05, 3.63) is 35.9 Å². The van der Waals surface area contributed by atoms with Crippen molar-refractivity contribution >= 4 is 11.8 Å². The number of nitrogens with one attached hydrogen (secondary N) is 1. The predicted molar refractivity (Wildman–Crippen MR) is 105 cm³/mol. The summed E-state index contributed by atoms with van der Waals surface area (Å²) in [5, 5.41) is 3.07. The lowest BCUT2D eigenvalue weighted by Crippen LogP contribution is -2.55. The Hall–Kier alpha value is -1.88. The average molecular weight is 370 g/mol. The highest BCUT2D eigenvalue weighted by Gasteiger charge is 2.45. The number of rotatable bonds is 6. The molecule has 0 radical (unpaired) electrons. The van der Waals surface area contributed by atoms with Gasteiger partial charge in [-0.2, -0.15) is 0 Å². The van der Waals surface area contributed by atoms with Crippen LogP contribution in [0.25, 0.3) is 0 Å². The van der Waals surface area contributed by atoms with Gasteiger partial charge < -0.3 is 10.2 Å². The molecule has 2 saturated heterocycles. The van der Waals surface area contributed by atoms with Crippen molar-refractivity contribution in [3.8, 4) is 0 Å². The van der Waals surface area contributed by atoms with E-state index in [0.717, 1.165) is 38.9 Å². The molecule has 1 aliphatic carbocycles. The van der Waals surface area contributed by atoms with Gasteiger partial charge >= 0.3 is 0 Å². The molecule has 5 heteroatoms. The lowest BCUT2D eigenvalue weighted by atomic mass is 9.73. The summed E-state index contributed by atoms with van der Waals surface area (Å²) in [5.74, 6) is 0.466. The first-order valence-electron chi connectivity index (χ1n) is 10.5. The van der Waals surface area contributed by atoms with E-state index in [0.29, 0.717) is 31.5 Å². The van der Waals surface area contributed by atoms with E-state index in [2.05, 4.69) is 27.2 Å². The van der Waals surface area contributed by atoms with Gasteiger partial charge in [0.25, 0.3) is 0 Å². The van der Waals surface area contributed by atoms with Crippen LogP contribution in [-0.2, 0) is 16.0 Å². The third-order valence-corrected chi connectivity index (χ3v) is 6.37. The van der Waals surface area contributed by atoms with Crippen LogP contribution in [0.3, 0.4) is 0 Å². The number of hydrogen-bond donors (Lipinski definition) is 1. The second-order valence-electron chi connectivity index (χ2n) is 8.65. The summed E-state index contributed by atoms with van der Waals surface area (Å²) >= 11 is 0. The van der Waals surface area contributed by atoms with E-state index >= 15 is 0 Å². The van der Waals surface area contributed by atoms with Crippen LogP contribution in [-0.4, -0.2) is 60.4 Å². The van der Waals surface area contributed by atoms with Crippen LogP contribution in [0.4, 0.5) is 0 Å². The van der Waals surface area contributed by atoms with Gasteiger partial charge in [0.15, 0.2) is 0 Å². The molecule has 2 aliphatic heterocycles. The molecule has 2 amide bonds. The SMILES string of the molecule is O=C(CN1CCC[C@]2(CCC(=O)N(C3CC3)C2)C1)NCCc1ccccc1. The zero-order valence-electron chi connectivity index (χ0n) is 16.2. The van der Waals surface area contributed by atoms with E-state index < -0.39 is 0 Å². The molecule has 146 valence electrons. The molecule has 1 atom stereocenters. The molecule has 1 aromatic carbocycles. The maximum absolute atomic E-state index is 12.4. The van der Waals surface area contributed by atoms with Gasteiger partial charge in [-0.15, -0.1) is 0 Å². The van der Waals surface area contributed by atoms with Crippen molar-refractivity contribution in [3.63, 3.8) is 0 Å². The molecule has 0 bridgehead atoms. The second kappa shape index (κ2) is 8.01. The minimum absolute atomic E-state index is 0.119. The predicted octanol–water partition coefficient (Wildman–Crippen LogP) is 2.21. The highest BCUT2D eigenvalue weighted by Crippen LogP contribution is 2.42. The third kappa shape index (κ3) is 4.70. The number of hydrogen-bond acceptors (Lipinski definition) is 3. The van der Waals surface area contributed by atoms with Gasteiger partial charge in [-0.05, 0) is 50.6 Å². The standard InChI is InChI=1S/C22H31N3O2/c26-20(23-13-10-18-5-2-1-3-6-18)15-24-14-4-11-22(16-24)12-9-21(27)25(17-22)19-7-8-19/h1-3,5-6,19H,4,7-17H2,(H,23,26)/t22-/m0/s1. The molecule has 27 heavy (non-hydrogen) atoms. The second-order valence-corrected chi connectivity index (χ2v) is 8.65. The van der Waals surface area contributed by atoms with Gasteiger partial charge in [-0.25, -0.2) is 0 Å². The Morgan fingerprint density at radius 1 is 1.15 bits per heavy atom. The Balaban J connectivity index is 1.25. The number of likely N-dealkylation sites (tertiary alicyclic amines) is 2. The summed E-state index contributed by atoms with van der Waals surface area (Å²) in [6.45, 7) is 4.02. The van der Waals surface area contributed by atoms with E-state index in [1.165, 1.54) is 24.8 Å². The van der Waals surface area contributed by atoms with Crippen molar-refractivity contribution in [1.29, 1.82) is 0 Å². The highest BCUT2D eigenvalue weighted by molar-refractivity contribution is 5.78. The molecule has 1 saturated carbocycles. The van der Waals surface area contributed by atoms with Gasteiger partial charge in [0, 0.05) is 37.5 Å². The van der Waals surface area contributed by atoms with Gasteiger partial charge in [0.2, 0.25) is 11.8 Å². The fourth-order valence-electron chi connectivity index (χ4n) is 4.79. The van der Waals surface area contributed by atoms with Crippen molar-refractivity contribution in [1.82, 2.24) is 15.1 Å². The highest BCUT2D eigenvalue weighted by atomic mass is 16.2. The van der Waals surface area contributed by atoms with Gasteiger partial charge in [0.1, 0.15) is 0 Å². The molecule has 3 aliphatic rings. The number of carbonyl (C=O) groups excluding carboxylic acids is 2. The summed E-state index contributed by atoms with van der Waals surface area (Å²) in [6.07, 6.45) is 7.22. The lowest BCUT2D eigenvalue weighted by Gasteiger charge is -2.48. The van der Waals surface area contributed by atoms with E-state index in [9.17, 15) is 9.59 Å². The smallest absolute Gasteiger partial charge is 0.234 e. The molecule has 4 rings (SSSR count). The Kier molecular flexibility index (Phi) is 5.48. The Morgan fingerprint density at radius 2 is 1.96 bits per heavy atom. The molecular formula is C22H31N3O2. The van der Waals surface area contributed by atoms with Crippen molar-refractivity contribution < 1.29 is 9.59 Å². The van der Waals surface area contributed by atoms with Crippen LogP contribution in [0.15, 0.2) is 30.3 Å². The van der Waals surface area contributed by atoms with Gasteiger partial charge in [-0.3, -0.25) is 14.5 Å². The molecule has 5 nitrogen and oxygen atoms in total. The largest absolute Gasteiger partial charge is 0.355 e. The summed E-state index contributed by atoms with van der Waals surface area (Å²) < 4.78 is 0.